The Labute approximate surface area is 290 Å². The molecular formula is C45H33N5. The van der Waals surface area contributed by atoms with Crippen molar-refractivity contribution in [3.05, 3.63) is 163 Å². The summed E-state index contributed by atoms with van der Waals surface area (Å²) in [5.41, 5.74) is 8.98. The number of aromatic nitrogens is 3. The van der Waals surface area contributed by atoms with Gasteiger partial charge in [-0.25, -0.2) is 15.0 Å². The Morgan fingerprint density at radius 3 is 1.96 bits per heavy atom. The van der Waals surface area contributed by atoms with Crippen LogP contribution in [0.4, 0.5) is 11.5 Å². The topological polar surface area (TPSA) is 54.3 Å². The van der Waals surface area contributed by atoms with Gasteiger partial charge in [-0.3, -0.25) is 9.88 Å². The number of benzene rings is 5. The minimum Gasteiger partial charge on any atom is -0.278 e. The Morgan fingerprint density at radius 2 is 1.30 bits per heavy atom. The molecule has 0 atom stereocenters. The van der Waals surface area contributed by atoms with Gasteiger partial charge in [-0.1, -0.05) is 111 Å². The molecule has 5 aromatic carbocycles. The van der Waals surface area contributed by atoms with Crippen LogP contribution in [0.15, 0.2) is 163 Å². The van der Waals surface area contributed by atoms with Crippen LogP contribution in [0.5, 0.6) is 0 Å². The molecule has 0 unspecified atom stereocenters. The second-order valence-electron chi connectivity index (χ2n) is 13.2. The minimum atomic E-state index is -0.397. The van der Waals surface area contributed by atoms with Gasteiger partial charge in [-0.2, -0.15) is 0 Å². The summed E-state index contributed by atoms with van der Waals surface area (Å²) in [5.74, 6) is 1.53. The zero-order chi connectivity index (χ0) is 34.0. The smallest absolute Gasteiger partial charge is 0.142 e. The Bertz CT molecular complexity index is 2670. The van der Waals surface area contributed by atoms with E-state index < -0.39 is 5.41 Å². The van der Waals surface area contributed by atoms with Crippen LogP contribution < -0.4 is 4.90 Å². The van der Waals surface area contributed by atoms with Gasteiger partial charge in [0.15, 0.2) is 0 Å². The molecule has 0 radical (unpaired) electrons. The third-order valence-corrected chi connectivity index (χ3v) is 10.2. The Hall–Kier alpha value is -6.46. The molecule has 238 valence electrons. The molecule has 8 aromatic rings. The van der Waals surface area contributed by atoms with E-state index in [4.69, 9.17) is 15.0 Å². The van der Waals surface area contributed by atoms with E-state index in [1.54, 1.807) is 6.20 Å². The van der Waals surface area contributed by atoms with Crippen molar-refractivity contribution in [2.24, 2.45) is 4.99 Å². The first-order valence-electron chi connectivity index (χ1n) is 16.8. The maximum Gasteiger partial charge on any atom is 0.142 e. The average molecular weight is 644 g/mol. The highest BCUT2D eigenvalue weighted by Gasteiger charge is 2.38. The molecular weight excluding hydrogens is 611 g/mol. The minimum absolute atomic E-state index is 0.397. The Balaban J connectivity index is 1.32. The lowest BCUT2D eigenvalue weighted by atomic mass is 9.73. The molecule has 1 aliphatic heterocycles. The van der Waals surface area contributed by atoms with Crippen LogP contribution in [0.25, 0.3) is 65.7 Å². The number of allylic oxidation sites excluding steroid dienone is 2. The highest BCUT2D eigenvalue weighted by molar-refractivity contribution is 6.21. The summed E-state index contributed by atoms with van der Waals surface area (Å²) in [6.45, 7) is 12.6. The van der Waals surface area contributed by atoms with Crippen LogP contribution in [-0.2, 0) is 5.41 Å². The fourth-order valence-electron chi connectivity index (χ4n) is 7.84. The summed E-state index contributed by atoms with van der Waals surface area (Å²) < 4.78 is 0. The van der Waals surface area contributed by atoms with Gasteiger partial charge < -0.3 is 0 Å². The van der Waals surface area contributed by atoms with Crippen molar-refractivity contribution in [1.29, 1.82) is 0 Å². The lowest BCUT2D eigenvalue weighted by molar-refractivity contribution is 0.616. The highest BCUT2D eigenvalue weighted by Crippen LogP contribution is 2.51. The molecule has 5 nitrogen and oxygen atoms in total. The number of pyridine rings is 3. The van der Waals surface area contributed by atoms with E-state index in [0.29, 0.717) is 0 Å². The van der Waals surface area contributed by atoms with Gasteiger partial charge in [-0.05, 0) is 81.4 Å². The SMILES string of the molecule is C=CC1=C(N=C)N(c2ccccn2)c2ccc(-c3c4ccccc4c(-c4ccc5ccc6cccnc6c5n4)c4ccccc34)cc2C1(C)C. The van der Waals surface area contributed by atoms with E-state index in [1.807, 2.05) is 36.5 Å². The molecule has 0 saturated heterocycles. The molecule has 5 heteroatoms. The molecule has 3 aromatic heterocycles. The number of fused-ring (bicyclic) bond motifs is 6. The predicted molar refractivity (Wildman–Crippen MR) is 209 cm³/mol. The van der Waals surface area contributed by atoms with Crippen LogP contribution in [0, 0.1) is 0 Å². The van der Waals surface area contributed by atoms with Gasteiger partial charge in [0.25, 0.3) is 0 Å². The van der Waals surface area contributed by atoms with Crippen molar-refractivity contribution in [3.63, 3.8) is 0 Å². The Kier molecular flexibility index (Phi) is 6.71. The van der Waals surface area contributed by atoms with Crippen LogP contribution in [0.3, 0.4) is 0 Å². The van der Waals surface area contributed by atoms with E-state index in [1.165, 1.54) is 16.3 Å². The number of hydrogen-bond donors (Lipinski definition) is 0. The lowest BCUT2D eigenvalue weighted by Crippen LogP contribution is -2.33. The third-order valence-electron chi connectivity index (χ3n) is 10.2. The molecule has 0 amide bonds. The standard InChI is InChI=1S/C45H33N5/c1-5-35-44(46-4)50(39-18-10-11-25-47-39)38-24-22-30(27-36(38)45(35,2)3)40-31-14-6-8-16-33(31)41(34-17-9-7-15-32(34)40)37-23-21-29-20-19-28-13-12-26-48-42(28)43(29)49-37/h5-27H,1,4H2,2-3H3. The first kappa shape index (κ1) is 29.7. The average Bonchev–Trinajstić information content (AvgIpc) is 3.16. The summed E-state index contributed by atoms with van der Waals surface area (Å²) in [7, 11) is 0. The maximum absolute atomic E-state index is 5.32. The normalized spacial score (nSPS) is 14.0. The zero-order valence-electron chi connectivity index (χ0n) is 27.9. The number of aliphatic imine (C=N–C) groups is 1. The van der Waals surface area contributed by atoms with Crippen LogP contribution in [-0.4, -0.2) is 21.7 Å². The molecule has 4 heterocycles. The van der Waals surface area contributed by atoms with Crippen molar-refractivity contribution in [2.75, 3.05) is 4.90 Å². The van der Waals surface area contributed by atoms with E-state index in [-0.39, 0.29) is 0 Å². The molecule has 50 heavy (non-hydrogen) atoms. The number of anilines is 2. The number of hydrogen-bond acceptors (Lipinski definition) is 5. The van der Waals surface area contributed by atoms with E-state index >= 15 is 0 Å². The third kappa shape index (κ3) is 4.33. The Morgan fingerprint density at radius 1 is 0.660 bits per heavy atom. The van der Waals surface area contributed by atoms with Gasteiger partial charge in [0.1, 0.15) is 11.6 Å². The molecule has 0 N–H and O–H groups in total. The first-order valence-corrected chi connectivity index (χ1v) is 16.8. The van der Waals surface area contributed by atoms with Crippen molar-refractivity contribution >= 4 is 61.6 Å². The number of rotatable bonds is 5. The molecule has 0 fully saturated rings. The monoisotopic (exact) mass is 643 g/mol. The van der Waals surface area contributed by atoms with Crippen molar-refractivity contribution < 1.29 is 0 Å². The fourth-order valence-corrected chi connectivity index (χ4v) is 7.84. The molecule has 1 aliphatic rings. The van der Waals surface area contributed by atoms with Gasteiger partial charge in [0.2, 0.25) is 0 Å². The van der Waals surface area contributed by atoms with Gasteiger partial charge in [-0.15, -0.1) is 0 Å². The second kappa shape index (κ2) is 11.3. The van der Waals surface area contributed by atoms with E-state index in [0.717, 1.165) is 77.9 Å². The largest absolute Gasteiger partial charge is 0.278 e. The summed E-state index contributed by atoms with van der Waals surface area (Å²) in [4.78, 5) is 21.4. The number of nitrogens with zero attached hydrogens (tertiary/aromatic N) is 5. The van der Waals surface area contributed by atoms with Gasteiger partial charge >= 0.3 is 0 Å². The maximum atomic E-state index is 5.32. The summed E-state index contributed by atoms with van der Waals surface area (Å²) >= 11 is 0. The van der Waals surface area contributed by atoms with Crippen molar-refractivity contribution in [3.8, 4) is 22.4 Å². The molecule has 0 aliphatic carbocycles. The lowest BCUT2D eigenvalue weighted by Gasteiger charge is -2.41. The van der Waals surface area contributed by atoms with Crippen LogP contribution in [0.2, 0.25) is 0 Å². The van der Waals surface area contributed by atoms with Crippen LogP contribution in [0.1, 0.15) is 19.4 Å². The first-order chi connectivity index (χ1) is 24.5. The van der Waals surface area contributed by atoms with Crippen LogP contribution >= 0.6 is 0 Å². The van der Waals surface area contributed by atoms with Gasteiger partial charge in [0.05, 0.1) is 22.4 Å². The van der Waals surface area contributed by atoms with E-state index in [9.17, 15) is 0 Å². The predicted octanol–water partition coefficient (Wildman–Crippen LogP) is 11.3. The van der Waals surface area contributed by atoms with Crippen molar-refractivity contribution in [1.82, 2.24) is 15.0 Å². The fraction of sp³-hybridized carbons (Fsp3) is 0.0667. The van der Waals surface area contributed by atoms with Crippen molar-refractivity contribution in [2.45, 2.75) is 19.3 Å². The highest BCUT2D eigenvalue weighted by atomic mass is 15.3. The molecule has 0 saturated carbocycles. The molecule has 0 spiro atoms. The summed E-state index contributed by atoms with van der Waals surface area (Å²) in [6, 6.07) is 42.7. The molecule has 9 rings (SSSR count). The van der Waals surface area contributed by atoms with E-state index in [2.05, 4.69) is 134 Å². The second-order valence-corrected chi connectivity index (χ2v) is 13.2. The summed E-state index contributed by atoms with van der Waals surface area (Å²) in [5, 5.41) is 6.79. The zero-order valence-corrected chi connectivity index (χ0v) is 27.9. The summed E-state index contributed by atoms with van der Waals surface area (Å²) in [6.07, 6.45) is 5.55. The quantitative estimate of drug-likeness (QED) is 0.106. The van der Waals surface area contributed by atoms with Gasteiger partial charge in [0, 0.05) is 39.7 Å². The molecule has 0 bridgehead atoms.